The molecule has 7 heteroatoms. The topological polar surface area (TPSA) is 72.7 Å². The summed E-state index contributed by atoms with van der Waals surface area (Å²) in [6.07, 6.45) is 0.842. The van der Waals surface area contributed by atoms with Gasteiger partial charge in [0.15, 0.2) is 0 Å². The molecular weight excluding hydrogens is 326 g/mol. The lowest BCUT2D eigenvalue weighted by atomic mass is 10.1. The maximum atomic E-state index is 12.2. The highest BCUT2D eigenvalue weighted by molar-refractivity contribution is 6.33. The number of nitrogens with one attached hydrogen (secondary N) is 1. The molecule has 122 valence electrons. The van der Waals surface area contributed by atoms with Gasteiger partial charge in [-0.2, -0.15) is 4.80 Å². The molecule has 0 saturated carbocycles. The number of amides is 1. The van der Waals surface area contributed by atoms with E-state index in [-0.39, 0.29) is 12.5 Å². The minimum Gasteiger partial charge on any atom is -0.324 e. The molecule has 1 aromatic heterocycles. The number of aromatic nitrogens is 4. The molecule has 3 rings (SSSR count). The first-order chi connectivity index (χ1) is 11.7. The quantitative estimate of drug-likeness (QED) is 0.773. The minimum absolute atomic E-state index is 0.0184. The maximum Gasteiger partial charge on any atom is 0.248 e. The average Bonchev–Trinajstić information content (AvgIpc) is 3.04. The molecule has 6 nitrogen and oxygen atoms in total. The largest absolute Gasteiger partial charge is 0.324 e. The standard InChI is InChI=1S/C17H16ClN5O/c1-2-12-7-3-6-10-15(12)19-16(24)11-23-21-17(20-22-23)13-8-4-5-9-14(13)18/h3-10H,2,11H2,1H3,(H,19,24). The Morgan fingerprint density at radius 3 is 2.71 bits per heavy atom. The molecule has 0 atom stereocenters. The van der Waals surface area contributed by atoms with Crippen LogP contribution in [-0.4, -0.2) is 26.1 Å². The number of tetrazole rings is 1. The molecular formula is C17H16ClN5O. The van der Waals surface area contributed by atoms with E-state index < -0.39 is 0 Å². The molecule has 1 N–H and O–H groups in total. The summed E-state index contributed by atoms with van der Waals surface area (Å²) >= 11 is 6.12. The lowest BCUT2D eigenvalue weighted by molar-refractivity contribution is -0.117. The Morgan fingerprint density at radius 2 is 1.92 bits per heavy atom. The second-order valence-corrected chi connectivity index (χ2v) is 5.59. The van der Waals surface area contributed by atoms with Gasteiger partial charge in [-0.25, -0.2) is 0 Å². The first-order valence-electron chi connectivity index (χ1n) is 7.58. The van der Waals surface area contributed by atoms with Crippen LogP contribution in [0.2, 0.25) is 5.02 Å². The lowest BCUT2D eigenvalue weighted by Gasteiger charge is -2.08. The number of hydrogen-bond acceptors (Lipinski definition) is 4. The molecule has 0 aliphatic rings. The summed E-state index contributed by atoms with van der Waals surface area (Å²) in [5, 5.41) is 15.5. The van der Waals surface area contributed by atoms with Gasteiger partial charge in [-0.05, 0) is 35.4 Å². The number of aryl methyl sites for hydroxylation is 1. The number of para-hydroxylation sites is 1. The van der Waals surface area contributed by atoms with Crippen LogP contribution in [0.5, 0.6) is 0 Å². The van der Waals surface area contributed by atoms with Crippen molar-refractivity contribution in [3.63, 3.8) is 0 Å². The van der Waals surface area contributed by atoms with Gasteiger partial charge in [0.1, 0.15) is 6.54 Å². The summed E-state index contributed by atoms with van der Waals surface area (Å²) in [5.74, 6) is 0.182. The van der Waals surface area contributed by atoms with Crippen LogP contribution in [0.25, 0.3) is 11.4 Å². The molecule has 0 radical (unpaired) electrons. The Labute approximate surface area is 144 Å². The third-order valence-electron chi connectivity index (χ3n) is 3.52. The highest BCUT2D eigenvalue weighted by Crippen LogP contribution is 2.23. The molecule has 1 amide bonds. The molecule has 0 bridgehead atoms. The smallest absolute Gasteiger partial charge is 0.248 e. The van der Waals surface area contributed by atoms with Gasteiger partial charge in [-0.1, -0.05) is 48.9 Å². The van der Waals surface area contributed by atoms with Crippen molar-refractivity contribution in [2.24, 2.45) is 0 Å². The van der Waals surface area contributed by atoms with Crippen molar-refractivity contribution in [1.29, 1.82) is 0 Å². The van der Waals surface area contributed by atoms with Gasteiger partial charge in [0.2, 0.25) is 11.7 Å². The normalized spacial score (nSPS) is 10.6. The summed E-state index contributed by atoms with van der Waals surface area (Å²) in [6.45, 7) is 2.02. The van der Waals surface area contributed by atoms with Gasteiger partial charge < -0.3 is 5.32 Å². The Morgan fingerprint density at radius 1 is 1.17 bits per heavy atom. The maximum absolute atomic E-state index is 12.2. The third-order valence-corrected chi connectivity index (χ3v) is 3.85. The van der Waals surface area contributed by atoms with Crippen molar-refractivity contribution in [1.82, 2.24) is 20.2 Å². The van der Waals surface area contributed by atoms with Crippen molar-refractivity contribution in [3.05, 3.63) is 59.1 Å². The highest BCUT2D eigenvalue weighted by atomic mass is 35.5. The van der Waals surface area contributed by atoms with Crippen LogP contribution in [0.1, 0.15) is 12.5 Å². The first kappa shape index (κ1) is 16.1. The molecule has 0 saturated heterocycles. The van der Waals surface area contributed by atoms with Gasteiger partial charge in [-0.3, -0.25) is 4.79 Å². The van der Waals surface area contributed by atoms with Crippen molar-refractivity contribution in [2.45, 2.75) is 19.9 Å². The van der Waals surface area contributed by atoms with Crippen molar-refractivity contribution in [2.75, 3.05) is 5.32 Å². The van der Waals surface area contributed by atoms with Gasteiger partial charge in [0, 0.05) is 11.3 Å². The molecule has 0 fully saturated rings. The molecule has 2 aromatic carbocycles. The number of hydrogen-bond donors (Lipinski definition) is 1. The van der Waals surface area contributed by atoms with Crippen molar-refractivity contribution in [3.8, 4) is 11.4 Å². The van der Waals surface area contributed by atoms with Gasteiger partial charge in [0.05, 0.1) is 5.02 Å². The second-order valence-electron chi connectivity index (χ2n) is 5.18. The van der Waals surface area contributed by atoms with Gasteiger partial charge in [-0.15, -0.1) is 10.2 Å². The van der Waals surface area contributed by atoms with E-state index in [2.05, 4.69) is 20.7 Å². The fourth-order valence-electron chi connectivity index (χ4n) is 2.33. The van der Waals surface area contributed by atoms with Crippen LogP contribution >= 0.6 is 11.6 Å². The first-order valence-corrected chi connectivity index (χ1v) is 7.95. The second kappa shape index (κ2) is 7.23. The van der Waals surface area contributed by atoms with Gasteiger partial charge in [0.25, 0.3) is 0 Å². The SMILES string of the molecule is CCc1ccccc1NC(=O)Cn1nnc(-c2ccccc2Cl)n1. The van der Waals surface area contributed by atoms with E-state index in [9.17, 15) is 4.79 Å². The predicted octanol–water partition coefficient (Wildman–Crippen LogP) is 3.19. The number of halogens is 1. The Hall–Kier alpha value is -2.73. The zero-order valence-corrected chi connectivity index (χ0v) is 13.9. The number of rotatable bonds is 5. The van der Waals surface area contributed by atoms with E-state index in [4.69, 9.17) is 11.6 Å². The molecule has 0 spiro atoms. The zero-order valence-electron chi connectivity index (χ0n) is 13.1. The van der Waals surface area contributed by atoms with E-state index >= 15 is 0 Å². The van der Waals surface area contributed by atoms with Crippen LogP contribution in [0.3, 0.4) is 0 Å². The van der Waals surface area contributed by atoms with E-state index in [0.29, 0.717) is 16.4 Å². The monoisotopic (exact) mass is 341 g/mol. The summed E-state index contributed by atoms with van der Waals surface area (Å²) in [5.41, 5.74) is 2.56. The summed E-state index contributed by atoms with van der Waals surface area (Å²) < 4.78 is 0. The lowest BCUT2D eigenvalue weighted by Crippen LogP contribution is -2.21. The van der Waals surface area contributed by atoms with E-state index in [0.717, 1.165) is 17.7 Å². The Bertz CT molecular complexity index is 861. The van der Waals surface area contributed by atoms with Crippen LogP contribution in [0.15, 0.2) is 48.5 Å². The van der Waals surface area contributed by atoms with Gasteiger partial charge >= 0.3 is 0 Å². The number of nitrogens with zero attached hydrogens (tertiary/aromatic N) is 4. The number of benzene rings is 2. The average molecular weight is 342 g/mol. The number of anilines is 1. The Balaban J connectivity index is 1.71. The number of carbonyl (C=O) groups is 1. The van der Waals surface area contributed by atoms with Crippen molar-refractivity contribution < 1.29 is 4.79 Å². The highest BCUT2D eigenvalue weighted by Gasteiger charge is 2.12. The van der Waals surface area contributed by atoms with E-state index in [1.54, 1.807) is 12.1 Å². The summed E-state index contributed by atoms with van der Waals surface area (Å²) in [4.78, 5) is 13.4. The van der Waals surface area contributed by atoms with Crippen LogP contribution in [0.4, 0.5) is 5.69 Å². The number of carbonyl (C=O) groups excluding carboxylic acids is 1. The van der Waals surface area contributed by atoms with Crippen LogP contribution in [-0.2, 0) is 17.8 Å². The van der Waals surface area contributed by atoms with Crippen molar-refractivity contribution >= 4 is 23.2 Å². The third kappa shape index (κ3) is 3.60. The molecule has 0 unspecified atom stereocenters. The summed E-state index contributed by atoms with van der Waals surface area (Å²) in [7, 11) is 0. The van der Waals surface area contributed by atoms with E-state index in [1.807, 2.05) is 43.3 Å². The fourth-order valence-corrected chi connectivity index (χ4v) is 2.55. The minimum atomic E-state index is -0.209. The molecule has 3 aromatic rings. The zero-order chi connectivity index (χ0) is 16.9. The molecule has 1 heterocycles. The van der Waals surface area contributed by atoms with Crippen LogP contribution in [0, 0.1) is 0 Å². The summed E-state index contributed by atoms with van der Waals surface area (Å²) in [6, 6.07) is 14.9. The molecule has 24 heavy (non-hydrogen) atoms. The van der Waals surface area contributed by atoms with Crippen LogP contribution < -0.4 is 5.32 Å². The molecule has 0 aliphatic heterocycles. The molecule has 0 aliphatic carbocycles. The fraction of sp³-hybridized carbons (Fsp3) is 0.176. The predicted molar refractivity (Wildman–Crippen MR) is 92.7 cm³/mol. The Kier molecular flexibility index (Phi) is 4.86. The van der Waals surface area contributed by atoms with E-state index in [1.165, 1.54) is 4.80 Å².